The van der Waals surface area contributed by atoms with Crippen molar-refractivity contribution in [3.8, 4) is 0 Å². The maximum atomic E-state index is 13.5. The van der Waals surface area contributed by atoms with Gasteiger partial charge in [-0.05, 0) is 42.8 Å². The molecule has 3 atom stereocenters. The van der Waals surface area contributed by atoms with Gasteiger partial charge in [-0.25, -0.2) is 9.96 Å². The Labute approximate surface area is 183 Å². The Bertz CT molecular complexity index is 1120. The summed E-state index contributed by atoms with van der Waals surface area (Å²) in [5, 5.41) is 1.72. The molecule has 5 nitrogen and oxygen atoms in total. The molecular formula is C24H19BrN2O3. The van der Waals surface area contributed by atoms with E-state index in [1.807, 2.05) is 73.7 Å². The molecule has 5 rings (SSSR count). The molecule has 30 heavy (non-hydrogen) atoms. The summed E-state index contributed by atoms with van der Waals surface area (Å²) in [6.07, 6.45) is -0.858. The first-order valence-electron chi connectivity index (χ1n) is 9.75. The van der Waals surface area contributed by atoms with Gasteiger partial charge >= 0.3 is 0 Å². The number of fused-ring (bicyclic) bond motifs is 1. The van der Waals surface area contributed by atoms with Crippen molar-refractivity contribution in [2.45, 2.75) is 19.1 Å². The average molecular weight is 463 g/mol. The topological polar surface area (TPSA) is 49.9 Å². The second-order valence-electron chi connectivity index (χ2n) is 7.56. The normalized spacial score (nSPS) is 23.2. The highest BCUT2D eigenvalue weighted by Gasteiger charge is 2.60. The van der Waals surface area contributed by atoms with E-state index in [2.05, 4.69) is 15.9 Å². The zero-order valence-corrected chi connectivity index (χ0v) is 17.8. The van der Waals surface area contributed by atoms with Crippen molar-refractivity contribution in [3.05, 3.63) is 94.5 Å². The maximum absolute atomic E-state index is 13.5. The van der Waals surface area contributed by atoms with Crippen LogP contribution in [0.4, 0.5) is 11.4 Å². The van der Waals surface area contributed by atoms with Crippen LogP contribution in [0.1, 0.15) is 17.2 Å². The first-order valence-corrected chi connectivity index (χ1v) is 10.5. The fraction of sp³-hybridized carbons (Fsp3) is 0.167. The highest BCUT2D eigenvalue weighted by Crippen LogP contribution is 2.47. The van der Waals surface area contributed by atoms with Crippen molar-refractivity contribution in [1.82, 2.24) is 0 Å². The minimum atomic E-state index is -0.858. The summed E-state index contributed by atoms with van der Waals surface area (Å²) < 4.78 is 0.805. The summed E-state index contributed by atoms with van der Waals surface area (Å²) in [6, 6.07) is 24.4. The van der Waals surface area contributed by atoms with Crippen LogP contribution in [-0.4, -0.2) is 17.9 Å². The number of aryl methyl sites for hydroxylation is 1. The molecule has 0 N–H and O–H groups in total. The second-order valence-corrected chi connectivity index (χ2v) is 8.48. The lowest BCUT2D eigenvalue weighted by Crippen LogP contribution is -2.37. The van der Waals surface area contributed by atoms with Crippen LogP contribution in [-0.2, 0) is 14.4 Å². The standard InChI is InChI=1S/C24H19BrN2O3/c1-15-10-12-16(13-11-15)21-20-22(30-27(21)18-7-3-2-4-8-18)24(29)26(23(20)28)19-9-5-6-17(25)14-19/h2-14,20-22H,1H3/t20-,21-,22-/m1/s1. The van der Waals surface area contributed by atoms with Gasteiger partial charge in [0.05, 0.1) is 17.4 Å². The molecule has 3 aromatic carbocycles. The van der Waals surface area contributed by atoms with Crippen molar-refractivity contribution >= 4 is 39.1 Å². The number of para-hydroxylation sites is 1. The molecule has 0 unspecified atom stereocenters. The van der Waals surface area contributed by atoms with Gasteiger partial charge in [0.15, 0.2) is 6.10 Å². The number of carbonyl (C=O) groups is 2. The first-order chi connectivity index (χ1) is 14.5. The van der Waals surface area contributed by atoms with E-state index in [-0.39, 0.29) is 11.8 Å². The molecule has 2 aliphatic rings. The molecule has 0 aromatic heterocycles. The smallest absolute Gasteiger partial charge is 0.266 e. The van der Waals surface area contributed by atoms with Gasteiger partial charge in [0.1, 0.15) is 5.92 Å². The Kier molecular flexibility index (Phi) is 4.68. The number of hydrogen-bond acceptors (Lipinski definition) is 4. The van der Waals surface area contributed by atoms with Gasteiger partial charge in [0.2, 0.25) is 5.91 Å². The van der Waals surface area contributed by atoms with E-state index in [4.69, 9.17) is 4.84 Å². The maximum Gasteiger partial charge on any atom is 0.266 e. The quantitative estimate of drug-likeness (QED) is 0.524. The molecule has 6 heteroatoms. The van der Waals surface area contributed by atoms with Gasteiger partial charge in [-0.1, -0.05) is 70.0 Å². The van der Waals surface area contributed by atoms with Crippen LogP contribution in [0.2, 0.25) is 0 Å². The Hall–Kier alpha value is -2.96. The van der Waals surface area contributed by atoms with Crippen LogP contribution in [0.5, 0.6) is 0 Å². The van der Waals surface area contributed by atoms with E-state index < -0.39 is 18.1 Å². The highest BCUT2D eigenvalue weighted by atomic mass is 79.9. The van der Waals surface area contributed by atoms with Crippen LogP contribution in [0.3, 0.4) is 0 Å². The number of nitrogens with zero attached hydrogens (tertiary/aromatic N) is 2. The molecule has 2 saturated heterocycles. The summed E-state index contributed by atoms with van der Waals surface area (Å²) in [5.41, 5.74) is 3.43. The number of hydrogen-bond donors (Lipinski definition) is 0. The summed E-state index contributed by atoms with van der Waals surface area (Å²) in [7, 11) is 0. The van der Waals surface area contributed by atoms with Crippen molar-refractivity contribution in [3.63, 3.8) is 0 Å². The van der Waals surface area contributed by atoms with Crippen LogP contribution in [0.25, 0.3) is 0 Å². The lowest BCUT2D eigenvalue weighted by Gasteiger charge is -2.28. The van der Waals surface area contributed by atoms with E-state index >= 15 is 0 Å². The lowest BCUT2D eigenvalue weighted by atomic mass is 9.90. The van der Waals surface area contributed by atoms with E-state index in [1.165, 1.54) is 4.90 Å². The van der Waals surface area contributed by atoms with Crippen LogP contribution in [0.15, 0.2) is 83.3 Å². The van der Waals surface area contributed by atoms with Crippen molar-refractivity contribution < 1.29 is 14.4 Å². The van der Waals surface area contributed by atoms with Crippen molar-refractivity contribution in [1.29, 1.82) is 0 Å². The fourth-order valence-electron chi connectivity index (χ4n) is 4.19. The summed E-state index contributed by atoms with van der Waals surface area (Å²) >= 11 is 3.42. The predicted octanol–water partition coefficient (Wildman–Crippen LogP) is 4.81. The van der Waals surface area contributed by atoms with Crippen LogP contribution >= 0.6 is 15.9 Å². The molecule has 0 bridgehead atoms. The monoisotopic (exact) mass is 462 g/mol. The van der Waals surface area contributed by atoms with E-state index in [1.54, 1.807) is 17.2 Å². The number of halogens is 1. The molecule has 0 spiro atoms. The zero-order chi connectivity index (χ0) is 20.8. The number of imide groups is 1. The highest BCUT2D eigenvalue weighted by molar-refractivity contribution is 9.10. The molecule has 2 fully saturated rings. The van der Waals surface area contributed by atoms with Crippen molar-refractivity contribution in [2.75, 3.05) is 9.96 Å². The molecular weight excluding hydrogens is 444 g/mol. The number of carbonyl (C=O) groups excluding carboxylic acids is 2. The van der Waals surface area contributed by atoms with Gasteiger partial charge < -0.3 is 0 Å². The second kappa shape index (κ2) is 7.38. The Morgan fingerprint density at radius 1 is 0.833 bits per heavy atom. The molecule has 2 heterocycles. The van der Waals surface area contributed by atoms with E-state index in [0.717, 1.165) is 21.3 Å². The fourth-order valence-corrected chi connectivity index (χ4v) is 4.57. The number of amides is 2. The Morgan fingerprint density at radius 3 is 2.23 bits per heavy atom. The van der Waals surface area contributed by atoms with Gasteiger partial charge in [-0.3, -0.25) is 14.4 Å². The first kappa shape index (κ1) is 19.0. The van der Waals surface area contributed by atoms with Crippen molar-refractivity contribution in [2.24, 2.45) is 5.92 Å². The summed E-state index contributed by atoms with van der Waals surface area (Å²) in [4.78, 5) is 34.2. The van der Waals surface area contributed by atoms with Crippen LogP contribution in [0, 0.1) is 12.8 Å². The molecule has 2 amide bonds. The molecule has 0 radical (unpaired) electrons. The Balaban J connectivity index is 1.59. The third kappa shape index (κ3) is 3.04. The third-order valence-corrected chi connectivity index (χ3v) is 6.10. The van der Waals surface area contributed by atoms with Gasteiger partial charge in [-0.15, -0.1) is 0 Å². The molecule has 0 saturated carbocycles. The largest absolute Gasteiger partial charge is 0.273 e. The zero-order valence-electron chi connectivity index (χ0n) is 16.2. The van der Waals surface area contributed by atoms with Gasteiger partial charge in [0.25, 0.3) is 5.91 Å². The molecule has 2 aliphatic heterocycles. The average Bonchev–Trinajstić information content (AvgIpc) is 3.26. The van der Waals surface area contributed by atoms with Crippen LogP contribution < -0.4 is 9.96 Å². The third-order valence-electron chi connectivity index (χ3n) is 5.61. The van der Waals surface area contributed by atoms with E-state index in [9.17, 15) is 9.59 Å². The molecule has 150 valence electrons. The summed E-state index contributed by atoms with van der Waals surface area (Å²) in [5.74, 6) is -1.20. The minimum absolute atomic E-state index is 0.243. The summed E-state index contributed by atoms with van der Waals surface area (Å²) in [6.45, 7) is 2.02. The predicted molar refractivity (Wildman–Crippen MR) is 118 cm³/mol. The number of benzene rings is 3. The number of hydroxylamine groups is 1. The minimum Gasteiger partial charge on any atom is -0.273 e. The molecule has 3 aromatic rings. The number of rotatable bonds is 3. The lowest BCUT2D eigenvalue weighted by molar-refractivity contribution is -0.126. The van der Waals surface area contributed by atoms with E-state index in [0.29, 0.717) is 5.69 Å². The molecule has 0 aliphatic carbocycles. The SMILES string of the molecule is Cc1ccc([C@@H]2[C@H]3C(=O)N(c4cccc(Br)c4)C(=O)[C@@H]3ON2c2ccccc2)cc1. The van der Waals surface area contributed by atoms with Gasteiger partial charge in [-0.2, -0.15) is 0 Å². The number of anilines is 2. The van der Waals surface area contributed by atoms with Gasteiger partial charge in [0, 0.05) is 4.47 Å². The Morgan fingerprint density at radius 2 is 1.53 bits per heavy atom.